The lowest BCUT2D eigenvalue weighted by Gasteiger charge is -2.26. The molecule has 13 nitrogen and oxygen atoms in total. The Morgan fingerprint density at radius 2 is 1.35 bits per heavy atom. The van der Waals surface area contributed by atoms with Crippen LogP contribution in [0.5, 0.6) is 23.0 Å². The normalized spacial score (nSPS) is 18.3. The number of para-hydroxylation sites is 2. The lowest BCUT2D eigenvalue weighted by molar-refractivity contribution is -0.116. The molecule has 4 aliphatic heterocycles. The average molecular weight is 828 g/mol. The molecule has 0 radical (unpaired) electrons. The number of benzene rings is 5. The van der Waals surface area contributed by atoms with Crippen LogP contribution in [0.4, 0.5) is 28.4 Å². The van der Waals surface area contributed by atoms with Crippen LogP contribution in [0, 0.1) is 0 Å². The van der Waals surface area contributed by atoms with Gasteiger partial charge < -0.3 is 49.8 Å². The molecule has 0 aliphatic carbocycles. The number of carbonyl (C=O) groups is 3. The molecule has 0 fully saturated rings. The number of carbonyl (C=O) groups excluding carboxylic acids is 3. The second-order valence-corrected chi connectivity index (χ2v) is 15.7. The largest absolute Gasteiger partial charge is 0.493 e. The zero-order valence-corrected chi connectivity index (χ0v) is 34.1. The van der Waals surface area contributed by atoms with E-state index in [0.29, 0.717) is 82.7 Å². The Hall–Kier alpha value is -6.38. The van der Waals surface area contributed by atoms with Crippen molar-refractivity contribution in [3.05, 3.63) is 124 Å². The van der Waals surface area contributed by atoms with E-state index in [1.54, 1.807) is 36.3 Å². The van der Waals surface area contributed by atoms with Crippen LogP contribution in [0.25, 0.3) is 0 Å². The van der Waals surface area contributed by atoms with Gasteiger partial charge in [-0.15, -0.1) is 0 Å². The maximum absolute atomic E-state index is 14.0. The van der Waals surface area contributed by atoms with Crippen molar-refractivity contribution in [2.24, 2.45) is 0 Å². The highest BCUT2D eigenvalue weighted by Crippen LogP contribution is 2.43. The Morgan fingerprint density at radius 1 is 0.767 bits per heavy atom. The monoisotopic (exact) mass is 827 g/mol. The molecule has 0 saturated carbocycles. The summed E-state index contributed by atoms with van der Waals surface area (Å²) in [5, 5.41) is 20.9. The van der Waals surface area contributed by atoms with Gasteiger partial charge in [-0.05, 0) is 89.7 Å². The van der Waals surface area contributed by atoms with Gasteiger partial charge in [0.2, 0.25) is 5.91 Å². The van der Waals surface area contributed by atoms with Crippen LogP contribution in [0.2, 0.25) is 0 Å². The summed E-state index contributed by atoms with van der Waals surface area (Å²) in [6.45, 7) is 0.745. The molecule has 0 bridgehead atoms. The van der Waals surface area contributed by atoms with Gasteiger partial charge in [0.1, 0.15) is 19.4 Å². The molecule has 0 saturated heterocycles. The number of aliphatic hydroxyl groups excluding tert-OH is 1. The Kier molecular flexibility index (Phi) is 10.7. The molecular weight excluding hydrogens is 783 g/mol. The number of ether oxygens (including phenoxy) is 4. The molecule has 9 rings (SSSR count). The molecule has 5 aromatic carbocycles. The number of methoxy groups -OCH3 is 2. The average Bonchev–Trinajstić information content (AvgIpc) is 3.78. The quantitative estimate of drug-likeness (QED) is 0.0848. The predicted molar refractivity (Wildman–Crippen MR) is 232 cm³/mol. The van der Waals surface area contributed by atoms with Gasteiger partial charge in [0.25, 0.3) is 11.8 Å². The summed E-state index contributed by atoms with van der Waals surface area (Å²) in [6, 6.07) is 27.6. The number of amides is 3. The number of fused-ring (bicyclic) bond motifs is 8. The standard InChI is InChI=1S/C46H45N5O8S/c1-56-39-19-32-34(47-23-31-17-28-8-3-5-10-36(28)50(31)45(32)54)21-41(39)58-24-26-14-27(16-30(15-26)48-43(52)12-7-13-60)25-59-42-22-35-33(20-40(42)57-2)46(55)51-37-11-6-4-9-29(37)18-38(51)44(53)49-35/h3-6,8-11,14-16,19-22,31,38,44,47,49,53,60H,7,12-13,17-18,23-25H2,1-2H3,(H,48,52)/t31-,38-,44?/m0/s1. The van der Waals surface area contributed by atoms with Gasteiger partial charge in [-0.2, -0.15) is 12.6 Å². The van der Waals surface area contributed by atoms with E-state index in [1.807, 2.05) is 65.6 Å². The van der Waals surface area contributed by atoms with Crippen molar-refractivity contribution in [3.63, 3.8) is 0 Å². The Balaban J connectivity index is 0.967. The first-order valence-electron chi connectivity index (χ1n) is 20.0. The van der Waals surface area contributed by atoms with Crippen LogP contribution in [0.3, 0.4) is 0 Å². The maximum atomic E-state index is 14.0. The van der Waals surface area contributed by atoms with Gasteiger partial charge in [0.05, 0.1) is 48.8 Å². The van der Waals surface area contributed by atoms with E-state index in [-0.39, 0.29) is 37.0 Å². The highest BCUT2D eigenvalue weighted by atomic mass is 32.1. The number of thiol groups is 1. The first-order chi connectivity index (χ1) is 29.2. The molecule has 1 unspecified atom stereocenters. The molecule has 5 aromatic rings. The number of nitrogens with zero attached hydrogens (tertiary/aromatic N) is 2. The second kappa shape index (κ2) is 16.3. The van der Waals surface area contributed by atoms with E-state index >= 15 is 0 Å². The lowest BCUT2D eigenvalue weighted by atomic mass is 10.1. The van der Waals surface area contributed by atoms with Crippen molar-refractivity contribution >= 4 is 58.8 Å². The minimum Gasteiger partial charge on any atom is -0.493 e. The predicted octanol–water partition coefficient (Wildman–Crippen LogP) is 6.82. The number of hydrogen-bond acceptors (Lipinski definition) is 11. The Labute approximate surface area is 353 Å². The summed E-state index contributed by atoms with van der Waals surface area (Å²) in [6.07, 6.45) is 1.19. The van der Waals surface area contributed by atoms with E-state index in [1.165, 1.54) is 7.11 Å². The maximum Gasteiger partial charge on any atom is 0.260 e. The fourth-order valence-corrected chi connectivity index (χ4v) is 8.80. The summed E-state index contributed by atoms with van der Waals surface area (Å²) in [4.78, 5) is 44.4. The number of rotatable bonds is 12. The van der Waals surface area contributed by atoms with Crippen LogP contribution in [-0.2, 0) is 30.8 Å². The number of aliphatic hydroxyl groups is 1. The topological polar surface area (TPSA) is 151 Å². The molecule has 308 valence electrons. The summed E-state index contributed by atoms with van der Waals surface area (Å²) in [5.41, 5.74) is 7.80. The second-order valence-electron chi connectivity index (χ2n) is 15.3. The third kappa shape index (κ3) is 7.30. The van der Waals surface area contributed by atoms with Gasteiger partial charge in [-0.3, -0.25) is 14.4 Å². The molecule has 60 heavy (non-hydrogen) atoms. The zero-order chi connectivity index (χ0) is 41.5. The third-order valence-electron chi connectivity index (χ3n) is 11.5. The van der Waals surface area contributed by atoms with E-state index in [9.17, 15) is 19.5 Å². The number of hydrogen-bond donors (Lipinski definition) is 5. The van der Waals surface area contributed by atoms with Crippen molar-refractivity contribution in [1.82, 2.24) is 0 Å². The van der Waals surface area contributed by atoms with E-state index < -0.39 is 12.3 Å². The molecule has 3 amide bonds. The van der Waals surface area contributed by atoms with Crippen molar-refractivity contribution in [3.8, 4) is 23.0 Å². The number of anilines is 5. The van der Waals surface area contributed by atoms with Crippen LogP contribution < -0.4 is 44.7 Å². The van der Waals surface area contributed by atoms with Crippen molar-refractivity contribution in [2.45, 2.75) is 57.2 Å². The molecule has 0 aromatic heterocycles. The van der Waals surface area contributed by atoms with Gasteiger partial charge >= 0.3 is 0 Å². The molecule has 14 heteroatoms. The van der Waals surface area contributed by atoms with Crippen LogP contribution >= 0.6 is 12.6 Å². The summed E-state index contributed by atoms with van der Waals surface area (Å²) < 4.78 is 24.2. The molecule has 4 aliphatic rings. The van der Waals surface area contributed by atoms with Crippen LogP contribution in [0.15, 0.2) is 91.0 Å². The van der Waals surface area contributed by atoms with Crippen molar-refractivity contribution in [2.75, 3.05) is 52.3 Å². The van der Waals surface area contributed by atoms with Crippen molar-refractivity contribution in [1.29, 1.82) is 0 Å². The highest BCUT2D eigenvalue weighted by Gasteiger charge is 2.42. The first-order valence-corrected chi connectivity index (χ1v) is 20.6. The SMILES string of the molecule is COc1cc2c(cc1OCc1cc(COc3cc4c(cc3OC)C(=O)N3c5ccccc5C[C@H]3C(O)N4)cc(NC(=O)CCCS)c1)NC[C@@H]1Cc3ccccc3N1C2=O. The van der Waals surface area contributed by atoms with E-state index in [0.717, 1.165) is 40.0 Å². The van der Waals surface area contributed by atoms with E-state index in [2.05, 4.69) is 34.6 Å². The molecule has 3 atom stereocenters. The van der Waals surface area contributed by atoms with Crippen LogP contribution in [0.1, 0.15) is 55.8 Å². The molecule has 4 heterocycles. The minimum absolute atomic E-state index is 0.0176. The van der Waals surface area contributed by atoms with Gasteiger partial charge in [0, 0.05) is 42.2 Å². The van der Waals surface area contributed by atoms with E-state index in [4.69, 9.17) is 18.9 Å². The molecular formula is C46H45N5O8S. The molecule has 4 N–H and O–H groups in total. The fraction of sp³-hybridized carbons (Fsp3) is 0.283. The third-order valence-corrected chi connectivity index (χ3v) is 11.8. The zero-order valence-electron chi connectivity index (χ0n) is 33.2. The van der Waals surface area contributed by atoms with Gasteiger partial charge in [-0.25, -0.2) is 0 Å². The van der Waals surface area contributed by atoms with Gasteiger partial charge in [-0.1, -0.05) is 36.4 Å². The lowest BCUT2D eigenvalue weighted by Crippen LogP contribution is -2.45. The first kappa shape index (κ1) is 39.1. The number of nitrogens with one attached hydrogen (secondary N) is 3. The Bertz CT molecular complexity index is 2510. The summed E-state index contributed by atoms with van der Waals surface area (Å²) >= 11 is 4.26. The van der Waals surface area contributed by atoms with Crippen LogP contribution in [-0.4, -0.2) is 67.7 Å². The summed E-state index contributed by atoms with van der Waals surface area (Å²) in [7, 11) is 3.05. The minimum atomic E-state index is -1.03. The Morgan fingerprint density at radius 3 is 2.00 bits per heavy atom. The molecule has 0 spiro atoms. The highest BCUT2D eigenvalue weighted by molar-refractivity contribution is 7.80. The smallest absolute Gasteiger partial charge is 0.260 e. The van der Waals surface area contributed by atoms with Gasteiger partial charge in [0.15, 0.2) is 23.0 Å². The summed E-state index contributed by atoms with van der Waals surface area (Å²) in [5.74, 6) is 1.64. The fourth-order valence-electron chi connectivity index (χ4n) is 8.64. The van der Waals surface area contributed by atoms with Crippen molar-refractivity contribution < 1.29 is 38.4 Å².